The molecule has 2 heteroatoms. The van der Waals surface area contributed by atoms with Gasteiger partial charge in [0.1, 0.15) is 0 Å². The van der Waals surface area contributed by atoms with Gasteiger partial charge in [-0.1, -0.05) is 24.3 Å². The molecule has 1 aliphatic rings. The van der Waals surface area contributed by atoms with E-state index in [0.29, 0.717) is 6.04 Å². The van der Waals surface area contributed by atoms with Crippen LogP contribution in [0.4, 0.5) is 0 Å². The van der Waals surface area contributed by atoms with Crippen LogP contribution in [0.15, 0.2) is 24.3 Å². The molecule has 0 radical (unpaired) electrons. The highest BCUT2D eigenvalue weighted by Crippen LogP contribution is 2.24. The summed E-state index contributed by atoms with van der Waals surface area (Å²) in [4.78, 5) is 2.46. The lowest BCUT2D eigenvalue weighted by atomic mass is 9.86. The molecule has 0 heterocycles. The van der Waals surface area contributed by atoms with Gasteiger partial charge in [0.05, 0.1) is 0 Å². The minimum Gasteiger partial charge on any atom is -0.328 e. The zero-order chi connectivity index (χ0) is 13.0. The fraction of sp³-hybridized carbons (Fsp3) is 0.625. The van der Waals surface area contributed by atoms with Crippen molar-refractivity contribution in [2.24, 2.45) is 11.7 Å². The van der Waals surface area contributed by atoms with Gasteiger partial charge in [0, 0.05) is 19.1 Å². The fourth-order valence-electron chi connectivity index (χ4n) is 2.95. The van der Waals surface area contributed by atoms with Crippen molar-refractivity contribution in [1.29, 1.82) is 0 Å². The normalized spacial score (nSPS) is 24.4. The van der Waals surface area contributed by atoms with Crippen molar-refractivity contribution in [2.45, 2.75) is 45.2 Å². The van der Waals surface area contributed by atoms with Crippen LogP contribution in [-0.2, 0) is 6.54 Å². The predicted molar refractivity (Wildman–Crippen MR) is 77.4 cm³/mol. The molecule has 0 amide bonds. The minimum atomic E-state index is 0.461. The van der Waals surface area contributed by atoms with E-state index in [1.807, 2.05) is 0 Å². The van der Waals surface area contributed by atoms with E-state index in [9.17, 15) is 0 Å². The van der Waals surface area contributed by atoms with E-state index in [4.69, 9.17) is 5.73 Å². The van der Waals surface area contributed by atoms with Crippen LogP contribution in [0.5, 0.6) is 0 Å². The van der Waals surface area contributed by atoms with E-state index in [1.54, 1.807) is 0 Å². The Morgan fingerprint density at radius 2 is 1.83 bits per heavy atom. The van der Waals surface area contributed by atoms with Gasteiger partial charge in [-0.05, 0) is 56.7 Å². The third-order valence-electron chi connectivity index (χ3n) is 4.16. The predicted octanol–water partition coefficient (Wildman–Crippen LogP) is 2.94. The fourth-order valence-corrected chi connectivity index (χ4v) is 2.95. The molecule has 0 aromatic heterocycles. The second-order valence-corrected chi connectivity index (χ2v) is 5.90. The first kappa shape index (κ1) is 13.6. The number of benzene rings is 1. The summed E-state index contributed by atoms with van der Waals surface area (Å²) in [5.41, 5.74) is 8.81. The summed E-state index contributed by atoms with van der Waals surface area (Å²) in [5.74, 6) is 0.846. The van der Waals surface area contributed by atoms with Gasteiger partial charge in [0.2, 0.25) is 0 Å². The molecule has 1 aromatic rings. The molecule has 1 aromatic carbocycles. The first-order valence-electron chi connectivity index (χ1n) is 7.14. The van der Waals surface area contributed by atoms with Gasteiger partial charge in [-0.2, -0.15) is 0 Å². The molecule has 0 aliphatic heterocycles. The Balaban J connectivity index is 1.82. The minimum absolute atomic E-state index is 0.461. The van der Waals surface area contributed by atoms with Gasteiger partial charge in [-0.25, -0.2) is 0 Å². The Morgan fingerprint density at radius 1 is 1.17 bits per heavy atom. The van der Waals surface area contributed by atoms with Crippen molar-refractivity contribution in [2.75, 3.05) is 13.6 Å². The summed E-state index contributed by atoms with van der Waals surface area (Å²) >= 11 is 0. The zero-order valence-electron chi connectivity index (χ0n) is 11.7. The van der Waals surface area contributed by atoms with E-state index >= 15 is 0 Å². The van der Waals surface area contributed by atoms with Crippen molar-refractivity contribution >= 4 is 0 Å². The third-order valence-corrected chi connectivity index (χ3v) is 4.16. The molecular formula is C16H26N2. The van der Waals surface area contributed by atoms with Crippen molar-refractivity contribution < 1.29 is 0 Å². The lowest BCUT2D eigenvalue weighted by molar-refractivity contribution is 0.219. The second kappa shape index (κ2) is 6.35. The molecule has 2 nitrogen and oxygen atoms in total. The van der Waals surface area contributed by atoms with Gasteiger partial charge in [-0.3, -0.25) is 0 Å². The Bertz CT molecular complexity index is 367. The Hall–Kier alpha value is -0.860. The number of nitrogens with two attached hydrogens (primary N) is 1. The van der Waals surface area contributed by atoms with E-state index in [1.165, 1.54) is 43.4 Å². The number of hydrogen-bond acceptors (Lipinski definition) is 2. The monoisotopic (exact) mass is 246 g/mol. The van der Waals surface area contributed by atoms with Crippen LogP contribution in [0.25, 0.3) is 0 Å². The van der Waals surface area contributed by atoms with Gasteiger partial charge >= 0.3 is 0 Å². The quantitative estimate of drug-likeness (QED) is 0.885. The second-order valence-electron chi connectivity index (χ2n) is 5.90. The molecule has 1 fully saturated rings. The van der Waals surface area contributed by atoms with Crippen LogP contribution in [0, 0.1) is 12.8 Å². The molecule has 0 unspecified atom stereocenters. The first-order chi connectivity index (χ1) is 8.65. The van der Waals surface area contributed by atoms with Crippen molar-refractivity contribution in [3.8, 4) is 0 Å². The van der Waals surface area contributed by atoms with Crippen LogP contribution >= 0.6 is 0 Å². The van der Waals surface area contributed by atoms with E-state index in [-0.39, 0.29) is 0 Å². The summed E-state index contributed by atoms with van der Waals surface area (Å²) in [7, 11) is 2.24. The van der Waals surface area contributed by atoms with Crippen molar-refractivity contribution in [3.63, 3.8) is 0 Å². The average Bonchev–Trinajstić information content (AvgIpc) is 2.35. The van der Waals surface area contributed by atoms with Crippen LogP contribution in [0.1, 0.15) is 36.8 Å². The maximum Gasteiger partial charge on any atom is 0.0233 e. The Kier molecular flexibility index (Phi) is 4.79. The van der Waals surface area contributed by atoms with E-state index in [0.717, 1.165) is 12.5 Å². The number of aryl methyl sites for hydroxylation is 1. The zero-order valence-corrected chi connectivity index (χ0v) is 11.7. The lowest BCUT2D eigenvalue weighted by Gasteiger charge is -2.30. The highest BCUT2D eigenvalue weighted by Gasteiger charge is 2.19. The number of nitrogens with zero attached hydrogens (tertiary/aromatic N) is 1. The molecule has 100 valence electrons. The molecule has 18 heavy (non-hydrogen) atoms. The summed E-state index contributed by atoms with van der Waals surface area (Å²) in [6.45, 7) is 4.47. The summed E-state index contributed by atoms with van der Waals surface area (Å²) in [6.07, 6.45) is 5.03. The van der Waals surface area contributed by atoms with E-state index in [2.05, 4.69) is 43.1 Å². The van der Waals surface area contributed by atoms with Gasteiger partial charge in [0.15, 0.2) is 0 Å². The smallest absolute Gasteiger partial charge is 0.0233 e. The summed E-state index contributed by atoms with van der Waals surface area (Å²) in [5, 5.41) is 0. The summed E-state index contributed by atoms with van der Waals surface area (Å²) < 4.78 is 0. The molecule has 2 N–H and O–H groups in total. The first-order valence-corrected chi connectivity index (χ1v) is 7.14. The molecule has 0 spiro atoms. The van der Waals surface area contributed by atoms with Crippen LogP contribution in [0.3, 0.4) is 0 Å². The van der Waals surface area contributed by atoms with Gasteiger partial charge in [0.25, 0.3) is 0 Å². The average molecular weight is 246 g/mol. The molecule has 0 bridgehead atoms. The highest BCUT2D eigenvalue weighted by atomic mass is 15.1. The molecule has 1 aliphatic carbocycles. The molecule has 0 atom stereocenters. The standard InChI is InChI=1S/C16H26N2/c1-13-5-3-4-6-15(13)12-18(2)11-14-7-9-16(17)10-8-14/h3-6,14,16H,7-12,17H2,1-2H3. The number of hydrogen-bond donors (Lipinski definition) is 1. The molecule has 0 saturated heterocycles. The largest absolute Gasteiger partial charge is 0.328 e. The van der Waals surface area contributed by atoms with Crippen LogP contribution in [0.2, 0.25) is 0 Å². The molecular weight excluding hydrogens is 220 g/mol. The molecule has 1 saturated carbocycles. The highest BCUT2D eigenvalue weighted by molar-refractivity contribution is 5.25. The topological polar surface area (TPSA) is 29.3 Å². The third kappa shape index (κ3) is 3.82. The van der Waals surface area contributed by atoms with Crippen LogP contribution < -0.4 is 5.73 Å². The van der Waals surface area contributed by atoms with Crippen molar-refractivity contribution in [3.05, 3.63) is 35.4 Å². The Labute approximate surface area is 111 Å². The van der Waals surface area contributed by atoms with Crippen molar-refractivity contribution in [1.82, 2.24) is 4.90 Å². The van der Waals surface area contributed by atoms with Gasteiger partial charge in [-0.15, -0.1) is 0 Å². The summed E-state index contributed by atoms with van der Waals surface area (Å²) in [6, 6.07) is 9.14. The number of rotatable bonds is 4. The lowest BCUT2D eigenvalue weighted by Crippen LogP contribution is -2.32. The van der Waals surface area contributed by atoms with E-state index < -0.39 is 0 Å². The van der Waals surface area contributed by atoms with Gasteiger partial charge < -0.3 is 10.6 Å². The van der Waals surface area contributed by atoms with Crippen LogP contribution in [-0.4, -0.2) is 24.5 Å². The molecule has 2 rings (SSSR count). The maximum atomic E-state index is 5.96. The SMILES string of the molecule is Cc1ccccc1CN(C)CC1CCC(N)CC1. The Morgan fingerprint density at radius 3 is 2.50 bits per heavy atom. The maximum absolute atomic E-state index is 5.96.